The molecule has 0 aromatic rings. The second-order valence-electron chi connectivity index (χ2n) is 2.98. The lowest BCUT2D eigenvalue weighted by molar-refractivity contribution is -0.117. The first-order chi connectivity index (χ1) is 4.19. The summed E-state index contributed by atoms with van der Waals surface area (Å²) < 4.78 is 12.7. The van der Waals surface area contributed by atoms with E-state index >= 15 is 0 Å². The Hall–Kier alpha value is -0.400. The molecule has 0 aliphatic heterocycles. The zero-order valence-corrected chi connectivity index (χ0v) is 5.56. The van der Waals surface area contributed by atoms with Crippen LogP contribution in [0.25, 0.3) is 0 Å². The van der Waals surface area contributed by atoms with Crippen LogP contribution in [-0.2, 0) is 4.79 Å². The lowest BCUT2D eigenvalue weighted by atomic mass is 9.90. The Kier molecular flexibility index (Phi) is 1.56. The average Bonchev–Trinajstić information content (AvgIpc) is 2.15. The molecule has 0 heterocycles. The van der Waals surface area contributed by atoms with Gasteiger partial charge in [-0.2, -0.15) is 0 Å². The lowest BCUT2D eigenvalue weighted by Crippen LogP contribution is -2.24. The molecule has 0 bridgehead atoms. The van der Waals surface area contributed by atoms with Crippen LogP contribution in [0.5, 0.6) is 0 Å². The first kappa shape index (κ1) is 6.72. The van der Waals surface area contributed by atoms with E-state index in [1.54, 1.807) is 6.92 Å². The first-order valence-corrected chi connectivity index (χ1v) is 3.29. The number of carbonyl (C=O) groups excluding carboxylic acids is 1. The van der Waals surface area contributed by atoms with Gasteiger partial charge in [0.05, 0.1) is 5.41 Å². The van der Waals surface area contributed by atoms with Crippen molar-refractivity contribution in [3.63, 3.8) is 0 Å². The molecule has 2 heteroatoms. The fourth-order valence-corrected chi connectivity index (χ4v) is 1.28. The van der Waals surface area contributed by atoms with Crippen LogP contribution in [0.3, 0.4) is 0 Å². The van der Waals surface area contributed by atoms with Gasteiger partial charge in [0.25, 0.3) is 0 Å². The van der Waals surface area contributed by atoms with Crippen molar-refractivity contribution in [3.8, 4) is 0 Å². The second kappa shape index (κ2) is 2.09. The van der Waals surface area contributed by atoms with Gasteiger partial charge in [-0.1, -0.05) is 6.92 Å². The van der Waals surface area contributed by atoms with Crippen LogP contribution >= 0.6 is 0 Å². The molecule has 0 aromatic carbocycles. The predicted molar refractivity (Wildman–Crippen MR) is 32.9 cm³/mol. The fourth-order valence-electron chi connectivity index (χ4n) is 1.28. The van der Waals surface area contributed by atoms with E-state index in [4.69, 9.17) is 0 Å². The van der Waals surface area contributed by atoms with Gasteiger partial charge in [-0.3, -0.25) is 0 Å². The van der Waals surface area contributed by atoms with Crippen LogP contribution in [0.15, 0.2) is 0 Å². The van der Waals surface area contributed by atoms with Crippen molar-refractivity contribution >= 4 is 6.29 Å². The molecule has 1 saturated carbocycles. The molecule has 0 amide bonds. The molecule has 1 aliphatic carbocycles. The summed E-state index contributed by atoms with van der Waals surface area (Å²) in [5, 5.41) is 0. The molecule has 0 radical (unpaired) electrons. The third-order valence-corrected chi connectivity index (χ3v) is 2.16. The van der Waals surface area contributed by atoms with Crippen LogP contribution in [0.1, 0.15) is 26.2 Å². The SMILES string of the molecule is CC1(C=O)CCCC1F. The van der Waals surface area contributed by atoms with Crippen molar-refractivity contribution < 1.29 is 9.18 Å². The molecule has 1 aliphatic rings. The summed E-state index contributed by atoms with van der Waals surface area (Å²) in [4.78, 5) is 10.3. The van der Waals surface area contributed by atoms with Gasteiger partial charge in [0, 0.05) is 0 Å². The Labute approximate surface area is 54.3 Å². The van der Waals surface area contributed by atoms with Crippen molar-refractivity contribution in [2.75, 3.05) is 0 Å². The van der Waals surface area contributed by atoms with E-state index in [9.17, 15) is 9.18 Å². The van der Waals surface area contributed by atoms with Crippen LogP contribution in [0, 0.1) is 5.41 Å². The summed E-state index contributed by atoms with van der Waals surface area (Å²) >= 11 is 0. The summed E-state index contributed by atoms with van der Waals surface area (Å²) in [6, 6.07) is 0. The van der Waals surface area contributed by atoms with E-state index in [2.05, 4.69) is 0 Å². The minimum Gasteiger partial charge on any atom is -0.303 e. The summed E-state index contributed by atoms with van der Waals surface area (Å²) in [5.41, 5.74) is -0.653. The van der Waals surface area contributed by atoms with Gasteiger partial charge in [-0.25, -0.2) is 4.39 Å². The van der Waals surface area contributed by atoms with Gasteiger partial charge < -0.3 is 4.79 Å². The molecule has 52 valence electrons. The van der Waals surface area contributed by atoms with Crippen molar-refractivity contribution in [3.05, 3.63) is 0 Å². The normalized spacial score (nSPS) is 43.1. The number of hydrogen-bond donors (Lipinski definition) is 0. The smallest absolute Gasteiger partial charge is 0.128 e. The van der Waals surface area contributed by atoms with Crippen molar-refractivity contribution in [2.24, 2.45) is 5.41 Å². The molecule has 1 rings (SSSR count). The highest BCUT2D eigenvalue weighted by Crippen LogP contribution is 2.37. The van der Waals surface area contributed by atoms with E-state index < -0.39 is 11.6 Å². The largest absolute Gasteiger partial charge is 0.303 e. The van der Waals surface area contributed by atoms with E-state index in [1.807, 2.05) is 0 Å². The molecule has 0 N–H and O–H groups in total. The number of aldehydes is 1. The number of rotatable bonds is 1. The van der Waals surface area contributed by atoms with Crippen LogP contribution in [0.2, 0.25) is 0 Å². The third kappa shape index (κ3) is 0.979. The van der Waals surface area contributed by atoms with Gasteiger partial charge in [-0.05, 0) is 19.3 Å². The van der Waals surface area contributed by atoms with E-state index in [0.717, 1.165) is 19.1 Å². The van der Waals surface area contributed by atoms with Crippen LogP contribution in [0.4, 0.5) is 4.39 Å². The maximum Gasteiger partial charge on any atom is 0.128 e. The Balaban J connectivity index is 2.66. The maximum absolute atomic E-state index is 12.7. The van der Waals surface area contributed by atoms with Crippen LogP contribution in [-0.4, -0.2) is 12.5 Å². The first-order valence-electron chi connectivity index (χ1n) is 3.29. The highest BCUT2D eigenvalue weighted by molar-refractivity contribution is 5.60. The van der Waals surface area contributed by atoms with Crippen molar-refractivity contribution in [1.82, 2.24) is 0 Å². The Morgan fingerprint density at radius 1 is 1.78 bits per heavy atom. The standard InChI is InChI=1S/C7H11FO/c1-7(5-9)4-2-3-6(7)8/h5-6H,2-4H2,1H3. The lowest BCUT2D eigenvalue weighted by Gasteiger charge is -2.17. The molecule has 2 atom stereocenters. The molecule has 1 fully saturated rings. The van der Waals surface area contributed by atoms with Gasteiger partial charge >= 0.3 is 0 Å². The van der Waals surface area contributed by atoms with Gasteiger partial charge in [0.2, 0.25) is 0 Å². The zero-order valence-electron chi connectivity index (χ0n) is 5.56. The second-order valence-corrected chi connectivity index (χ2v) is 2.98. The molecular formula is C7H11FO. The Bertz CT molecular complexity index is 124. The summed E-state index contributed by atoms with van der Waals surface area (Å²) in [6.07, 6.45) is 2.00. The molecule has 0 aromatic heterocycles. The molecule has 0 saturated heterocycles. The number of carbonyl (C=O) groups is 1. The molecule has 9 heavy (non-hydrogen) atoms. The molecule has 0 spiro atoms. The predicted octanol–water partition coefficient (Wildman–Crippen LogP) is 1.71. The number of halogens is 1. The number of hydrogen-bond acceptors (Lipinski definition) is 1. The Morgan fingerprint density at radius 3 is 2.67 bits per heavy atom. The fraction of sp³-hybridized carbons (Fsp3) is 0.857. The van der Waals surface area contributed by atoms with E-state index in [1.165, 1.54) is 0 Å². The van der Waals surface area contributed by atoms with Gasteiger partial charge in [0.15, 0.2) is 0 Å². The summed E-state index contributed by atoms with van der Waals surface area (Å²) in [5.74, 6) is 0. The molecule has 2 unspecified atom stereocenters. The minimum absolute atomic E-state index is 0.565. The number of alkyl halides is 1. The van der Waals surface area contributed by atoms with Gasteiger partial charge in [0.1, 0.15) is 12.5 Å². The highest BCUT2D eigenvalue weighted by atomic mass is 19.1. The quantitative estimate of drug-likeness (QED) is 0.494. The maximum atomic E-state index is 12.7. The van der Waals surface area contributed by atoms with Crippen molar-refractivity contribution in [1.29, 1.82) is 0 Å². The summed E-state index contributed by atoms with van der Waals surface area (Å²) in [7, 11) is 0. The van der Waals surface area contributed by atoms with Crippen LogP contribution < -0.4 is 0 Å². The summed E-state index contributed by atoms with van der Waals surface area (Å²) in [6.45, 7) is 1.69. The monoisotopic (exact) mass is 130 g/mol. The van der Waals surface area contributed by atoms with Gasteiger partial charge in [-0.15, -0.1) is 0 Å². The average molecular weight is 130 g/mol. The van der Waals surface area contributed by atoms with E-state index in [-0.39, 0.29) is 0 Å². The van der Waals surface area contributed by atoms with Crippen molar-refractivity contribution in [2.45, 2.75) is 32.4 Å². The molecule has 1 nitrogen and oxygen atoms in total. The zero-order chi connectivity index (χ0) is 6.91. The minimum atomic E-state index is -0.894. The topological polar surface area (TPSA) is 17.1 Å². The highest BCUT2D eigenvalue weighted by Gasteiger charge is 2.38. The Morgan fingerprint density at radius 2 is 2.44 bits per heavy atom. The van der Waals surface area contributed by atoms with E-state index in [0.29, 0.717) is 6.42 Å². The molecular weight excluding hydrogens is 119 g/mol. The third-order valence-electron chi connectivity index (χ3n) is 2.16.